The zero-order valence-electron chi connectivity index (χ0n) is 9.91. The number of nitrogens with one attached hydrogen (secondary N) is 1. The van der Waals surface area contributed by atoms with E-state index in [-0.39, 0.29) is 5.91 Å². The van der Waals surface area contributed by atoms with Crippen LogP contribution in [0.4, 0.5) is 5.88 Å². The lowest BCUT2D eigenvalue weighted by Crippen LogP contribution is -2.48. The van der Waals surface area contributed by atoms with Gasteiger partial charge in [-0.15, -0.1) is 0 Å². The average Bonchev–Trinajstić information content (AvgIpc) is 2.62. The summed E-state index contributed by atoms with van der Waals surface area (Å²) in [6.45, 7) is 1.79. The maximum atomic E-state index is 12.1. The molecule has 1 amide bonds. The first kappa shape index (κ1) is 11.7. The van der Waals surface area contributed by atoms with Crippen molar-refractivity contribution >= 4 is 17.8 Å². The monoisotopic (exact) mass is 237 g/mol. The van der Waals surface area contributed by atoms with Crippen molar-refractivity contribution < 1.29 is 18.7 Å². The van der Waals surface area contributed by atoms with Crippen molar-refractivity contribution in [1.82, 2.24) is 0 Å². The maximum Gasteiger partial charge on any atom is 0.321 e. The summed E-state index contributed by atoms with van der Waals surface area (Å²) in [5, 5.41) is 2.61. The summed E-state index contributed by atoms with van der Waals surface area (Å²) >= 11 is 0. The van der Waals surface area contributed by atoms with E-state index in [0.717, 1.165) is 6.42 Å². The van der Waals surface area contributed by atoms with Crippen molar-refractivity contribution in [1.29, 1.82) is 0 Å². The lowest BCUT2D eigenvalue weighted by atomic mass is 9.68. The molecular formula is C12H15NO4. The highest BCUT2D eigenvalue weighted by Gasteiger charge is 2.52. The Morgan fingerprint density at radius 2 is 2.12 bits per heavy atom. The molecule has 92 valence electrons. The third-order valence-corrected chi connectivity index (χ3v) is 3.19. The second-order valence-corrected chi connectivity index (χ2v) is 4.29. The molecule has 0 radical (unpaired) electrons. The largest absolute Gasteiger partial charge is 0.468 e. The molecule has 0 aliphatic heterocycles. The number of ether oxygens (including phenoxy) is 1. The summed E-state index contributed by atoms with van der Waals surface area (Å²) < 4.78 is 9.94. The lowest BCUT2D eigenvalue weighted by molar-refractivity contribution is -0.163. The van der Waals surface area contributed by atoms with Gasteiger partial charge in [0, 0.05) is 6.07 Å². The second-order valence-electron chi connectivity index (χ2n) is 4.29. The van der Waals surface area contributed by atoms with Crippen LogP contribution >= 0.6 is 0 Å². The lowest BCUT2D eigenvalue weighted by Gasteiger charge is -2.36. The van der Waals surface area contributed by atoms with Crippen molar-refractivity contribution in [3.05, 3.63) is 17.9 Å². The van der Waals surface area contributed by atoms with E-state index in [4.69, 9.17) is 9.15 Å². The van der Waals surface area contributed by atoms with Crippen LogP contribution in [0, 0.1) is 12.3 Å². The Hall–Kier alpha value is -1.78. The molecule has 1 aliphatic rings. The van der Waals surface area contributed by atoms with E-state index in [0.29, 0.717) is 24.5 Å². The first-order valence-corrected chi connectivity index (χ1v) is 5.55. The first-order chi connectivity index (χ1) is 8.08. The molecule has 1 N–H and O–H groups in total. The van der Waals surface area contributed by atoms with Crippen LogP contribution in [-0.2, 0) is 14.3 Å². The van der Waals surface area contributed by atoms with E-state index in [1.165, 1.54) is 7.11 Å². The van der Waals surface area contributed by atoms with Gasteiger partial charge >= 0.3 is 5.97 Å². The fourth-order valence-corrected chi connectivity index (χ4v) is 1.98. The van der Waals surface area contributed by atoms with Gasteiger partial charge in [-0.2, -0.15) is 0 Å². The molecule has 5 heteroatoms. The number of carbonyl (C=O) groups is 2. The summed E-state index contributed by atoms with van der Waals surface area (Å²) in [6.07, 6.45) is 1.93. The number of aryl methyl sites for hydroxylation is 1. The van der Waals surface area contributed by atoms with Crippen LogP contribution in [0.1, 0.15) is 25.0 Å². The van der Waals surface area contributed by atoms with Crippen molar-refractivity contribution in [2.75, 3.05) is 12.4 Å². The molecule has 1 aliphatic carbocycles. The van der Waals surface area contributed by atoms with Gasteiger partial charge in [-0.3, -0.25) is 14.9 Å². The summed E-state index contributed by atoms with van der Waals surface area (Å²) in [5.74, 6) is 0.262. The predicted octanol–water partition coefficient (Wildman–Crippen LogP) is 1.87. The number of amides is 1. The molecule has 0 saturated heterocycles. The number of furan rings is 1. The topological polar surface area (TPSA) is 68.5 Å². The van der Waals surface area contributed by atoms with Gasteiger partial charge in [0.25, 0.3) is 0 Å². The second kappa shape index (κ2) is 4.24. The number of hydrogen-bond acceptors (Lipinski definition) is 4. The molecule has 1 aromatic heterocycles. The van der Waals surface area contributed by atoms with Gasteiger partial charge < -0.3 is 9.15 Å². The van der Waals surface area contributed by atoms with Crippen LogP contribution in [0.15, 0.2) is 16.5 Å². The summed E-state index contributed by atoms with van der Waals surface area (Å²) in [6, 6.07) is 3.41. The van der Waals surface area contributed by atoms with Gasteiger partial charge in [-0.05, 0) is 25.8 Å². The number of rotatable bonds is 3. The molecule has 17 heavy (non-hydrogen) atoms. The predicted molar refractivity (Wildman–Crippen MR) is 60.4 cm³/mol. The SMILES string of the molecule is COC(=O)C1(C(=O)Nc2ccc(C)o2)CCC1. The van der Waals surface area contributed by atoms with E-state index < -0.39 is 11.4 Å². The van der Waals surface area contributed by atoms with Gasteiger partial charge in [0.2, 0.25) is 5.91 Å². The molecule has 0 bridgehead atoms. The number of methoxy groups -OCH3 is 1. The highest BCUT2D eigenvalue weighted by atomic mass is 16.5. The molecular weight excluding hydrogens is 222 g/mol. The molecule has 5 nitrogen and oxygen atoms in total. The molecule has 1 aromatic rings. The van der Waals surface area contributed by atoms with Crippen LogP contribution in [0.5, 0.6) is 0 Å². The van der Waals surface area contributed by atoms with E-state index in [1.54, 1.807) is 19.1 Å². The Balaban J connectivity index is 2.11. The van der Waals surface area contributed by atoms with Crippen LogP contribution in [-0.4, -0.2) is 19.0 Å². The Kier molecular flexibility index (Phi) is 2.92. The highest BCUT2D eigenvalue weighted by molar-refractivity contribution is 6.09. The standard InChI is InChI=1S/C12H15NO4/c1-8-4-5-9(17-8)13-10(14)12(6-3-7-12)11(15)16-2/h4-5H,3,6-7H2,1-2H3,(H,13,14). The smallest absolute Gasteiger partial charge is 0.321 e. The molecule has 1 saturated carbocycles. The minimum atomic E-state index is -1.02. The van der Waals surface area contributed by atoms with E-state index in [1.807, 2.05) is 0 Å². The highest BCUT2D eigenvalue weighted by Crippen LogP contribution is 2.43. The normalized spacial score (nSPS) is 17.1. The van der Waals surface area contributed by atoms with E-state index in [2.05, 4.69) is 5.32 Å². The zero-order valence-corrected chi connectivity index (χ0v) is 9.91. The van der Waals surface area contributed by atoms with Crippen LogP contribution in [0.3, 0.4) is 0 Å². The number of carbonyl (C=O) groups excluding carboxylic acids is 2. The van der Waals surface area contributed by atoms with Crippen molar-refractivity contribution in [2.24, 2.45) is 5.41 Å². The molecule has 1 heterocycles. The Morgan fingerprint density at radius 1 is 1.41 bits per heavy atom. The summed E-state index contributed by atoms with van der Waals surface area (Å²) in [7, 11) is 1.30. The molecule has 1 fully saturated rings. The van der Waals surface area contributed by atoms with Gasteiger partial charge in [0.15, 0.2) is 5.88 Å². The molecule has 0 unspecified atom stereocenters. The fourth-order valence-electron chi connectivity index (χ4n) is 1.98. The van der Waals surface area contributed by atoms with Crippen LogP contribution in [0.2, 0.25) is 0 Å². The van der Waals surface area contributed by atoms with Crippen molar-refractivity contribution in [2.45, 2.75) is 26.2 Å². The number of esters is 1. The third kappa shape index (κ3) is 1.92. The summed E-state index contributed by atoms with van der Waals surface area (Å²) in [4.78, 5) is 23.7. The Bertz CT molecular complexity index is 445. The molecule has 0 atom stereocenters. The maximum absolute atomic E-state index is 12.1. The zero-order chi connectivity index (χ0) is 12.5. The van der Waals surface area contributed by atoms with Crippen LogP contribution < -0.4 is 5.32 Å². The fraction of sp³-hybridized carbons (Fsp3) is 0.500. The Labute approximate surface area is 99.1 Å². The first-order valence-electron chi connectivity index (χ1n) is 5.55. The summed E-state index contributed by atoms with van der Waals surface area (Å²) in [5.41, 5.74) is -1.02. The van der Waals surface area contributed by atoms with Gasteiger partial charge in [-0.25, -0.2) is 0 Å². The van der Waals surface area contributed by atoms with Gasteiger partial charge in [-0.1, -0.05) is 6.42 Å². The number of anilines is 1. The molecule has 2 rings (SSSR count). The van der Waals surface area contributed by atoms with Crippen molar-refractivity contribution in [3.63, 3.8) is 0 Å². The number of hydrogen-bond donors (Lipinski definition) is 1. The minimum Gasteiger partial charge on any atom is -0.468 e. The van der Waals surface area contributed by atoms with Crippen molar-refractivity contribution in [3.8, 4) is 0 Å². The van der Waals surface area contributed by atoms with E-state index >= 15 is 0 Å². The van der Waals surface area contributed by atoms with Gasteiger partial charge in [0.05, 0.1) is 7.11 Å². The third-order valence-electron chi connectivity index (χ3n) is 3.19. The van der Waals surface area contributed by atoms with Crippen LogP contribution in [0.25, 0.3) is 0 Å². The Morgan fingerprint density at radius 3 is 2.53 bits per heavy atom. The van der Waals surface area contributed by atoms with E-state index in [9.17, 15) is 9.59 Å². The molecule has 0 spiro atoms. The quantitative estimate of drug-likeness (QED) is 0.643. The average molecular weight is 237 g/mol. The van der Waals surface area contributed by atoms with Gasteiger partial charge in [0.1, 0.15) is 11.2 Å². The molecule has 0 aromatic carbocycles. The minimum absolute atomic E-state index is 0.343.